The minimum absolute atomic E-state index is 0.0468. The van der Waals surface area contributed by atoms with Gasteiger partial charge in [0.15, 0.2) is 0 Å². The highest BCUT2D eigenvalue weighted by Gasteiger charge is 2.24. The summed E-state index contributed by atoms with van der Waals surface area (Å²) in [6.07, 6.45) is 1.58. The molecule has 3 N–H and O–H groups in total. The smallest absolute Gasteiger partial charge is 0.339 e. The lowest BCUT2D eigenvalue weighted by Crippen LogP contribution is -2.30. The van der Waals surface area contributed by atoms with Gasteiger partial charge in [0.2, 0.25) is 5.91 Å². The number of nitrogens with one attached hydrogen (secondary N) is 3. The molecule has 3 amide bonds. The van der Waals surface area contributed by atoms with Gasteiger partial charge in [0.1, 0.15) is 16.7 Å². The highest BCUT2D eigenvalue weighted by Crippen LogP contribution is 2.37. The van der Waals surface area contributed by atoms with Gasteiger partial charge in [0, 0.05) is 16.1 Å². The van der Waals surface area contributed by atoms with E-state index in [4.69, 9.17) is 9.47 Å². The van der Waals surface area contributed by atoms with Crippen LogP contribution in [-0.4, -0.2) is 37.9 Å². The van der Waals surface area contributed by atoms with E-state index in [0.717, 1.165) is 10.5 Å². The maximum absolute atomic E-state index is 13.7. The minimum Gasteiger partial charge on any atom is -0.497 e. The van der Waals surface area contributed by atoms with Crippen molar-refractivity contribution in [3.63, 3.8) is 0 Å². The Morgan fingerprint density at radius 3 is 1.98 bits per heavy atom. The van der Waals surface area contributed by atoms with Crippen LogP contribution in [0.15, 0.2) is 144 Å². The lowest BCUT2D eigenvalue weighted by molar-refractivity contribution is -0.116. The zero-order valence-corrected chi connectivity index (χ0v) is 27.5. The number of esters is 1. The molecule has 0 aliphatic heterocycles. The molecule has 0 saturated heterocycles. The third-order valence-corrected chi connectivity index (χ3v) is 8.52. The summed E-state index contributed by atoms with van der Waals surface area (Å²) in [6.45, 7) is 0. The van der Waals surface area contributed by atoms with Gasteiger partial charge in [0.05, 0.1) is 25.5 Å². The molecule has 0 aliphatic carbocycles. The number of carbonyl (C=O) groups is 4. The van der Waals surface area contributed by atoms with Gasteiger partial charge < -0.3 is 25.4 Å². The maximum atomic E-state index is 13.7. The molecule has 9 nitrogen and oxygen atoms in total. The predicted molar refractivity (Wildman–Crippen MR) is 191 cm³/mol. The first kappa shape index (κ1) is 34.2. The van der Waals surface area contributed by atoms with E-state index >= 15 is 0 Å². The first-order chi connectivity index (χ1) is 23.8. The molecule has 5 aromatic carbocycles. The summed E-state index contributed by atoms with van der Waals surface area (Å²) in [5, 5.41) is 7.80. The number of rotatable bonds is 12. The fourth-order valence-corrected chi connectivity index (χ4v) is 5.76. The zero-order chi connectivity index (χ0) is 34.6. The molecule has 5 aromatic rings. The highest BCUT2D eigenvalue weighted by molar-refractivity contribution is 8.00. The normalized spacial score (nSPS) is 11.5. The van der Waals surface area contributed by atoms with Crippen LogP contribution in [0, 0.1) is 0 Å². The van der Waals surface area contributed by atoms with Gasteiger partial charge in [-0.05, 0) is 77.9 Å². The van der Waals surface area contributed by atoms with Crippen molar-refractivity contribution in [2.24, 2.45) is 0 Å². The summed E-state index contributed by atoms with van der Waals surface area (Å²) in [7, 11) is 2.85. The topological polar surface area (TPSA) is 123 Å². The van der Waals surface area contributed by atoms with Crippen molar-refractivity contribution in [1.29, 1.82) is 0 Å². The molecule has 0 radical (unpaired) electrons. The van der Waals surface area contributed by atoms with E-state index in [1.807, 2.05) is 30.3 Å². The van der Waals surface area contributed by atoms with Crippen LogP contribution in [0.2, 0.25) is 0 Å². The zero-order valence-electron chi connectivity index (χ0n) is 26.7. The summed E-state index contributed by atoms with van der Waals surface area (Å²) in [4.78, 5) is 53.2. The van der Waals surface area contributed by atoms with E-state index < -0.39 is 23.0 Å². The molecule has 1 unspecified atom stereocenters. The summed E-state index contributed by atoms with van der Waals surface area (Å²) in [5.41, 5.74) is 2.98. The van der Waals surface area contributed by atoms with Crippen LogP contribution in [-0.2, 0) is 14.3 Å². The fourth-order valence-electron chi connectivity index (χ4n) is 4.74. The van der Waals surface area contributed by atoms with Crippen LogP contribution in [0.3, 0.4) is 0 Å². The van der Waals surface area contributed by atoms with E-state index in [1.54, 1.807) is 116 Å². The molecular weight excluding hydrogens is 639 g/mol. The number of ether oxygens (including phenoxy) is 2. The van der Waals surface area contributed by atoms with Crippen molar-refractivity contribution in [2.45, 2.75) is 10.1 Å². The van der Waals surface area contributed by atoms with Crippen LogP contribution in [0.4, 0.5) is 11.4 Å². The number of anilines is 2. The number of amides is 3. The highest BCUT2D eigenvalue weighted by atomic mass is 32.2. The second-order valence-corrected chi connectivity index (χ2v) is 11.7. The molecule has 0 saturated carbocycles. The van der Waals surface area contributed by atoms with Gasteiger partial charge in [-0.3, -0.25) is 14.4 Å². The Bertz CT molecular complexity index is 1950. The number of hydrogen-bond donors (Lipinski definition) is 3. The average Bonchev–Trinajstić information content (AvgIpc) is 3.15. The predicted octanol–water partition coefficient (Wildman–Crippen LogP) is 7.36. The van der Waals surface area contributed by atoms with E-state index in [1.165, 1.54) is 18.9 Å². The van der Waals surface area contributed by atoms with E-state index in [0.29, 0.717) is 28.3 Å². The monoisotopic (exact) mass is 671 g/mol. The van der Waals surface area contributed by atoms with Crippen LogP contribution < -0.4 is 20.7 Å². The van der Waals surface area contributed by atoms with Crippen LogP contribution >= 0.6 is 11.8 Å². The number of hydrogen-bond acceptors (Lipinski definition) is 7. The van der Waals surface area contributed by atoms with E-state index in [9.17, 15) is 19.2 Å². The Kier molecular flexibility index (Phi) is 11.6. The van der Waals surface area contributed by atoms with Gasteiger partial charge in [-0.1, -0.05) is 72.8 Å². The Morgan fingerprint density at radius 1 is 0.694 bits per heavy atom. The molecule has 0 heterocycles. The van der Waals surface area contributed by atoms with Gasteiger partial charge in [0.25, 0.3) is 11.8 Å². The Labute approximate surface area is 288 Å². The molecule has 10 heteroatoms. The van der Waals surface area contributed by atoms with Crippen molar-refractivity contribution in [2.75, 3.05) is 24.9 Å². The van der Waals surface area contributed by atoms with Crippen molar-refractivity contribution in [3.05, 3.63) is 161 Å². The van der Waals surface area contributed by atoms with Crippen molar-refractivity contribution in [1.82, 2.24) is 5.32 Å². The van der Waals surface area contributed by atoms with Crippen LogP contribution in [0.1, 0.15) is 37.1 Å². The molecule has 1 atom stereocenters. The summed E-state index contributed by atoms with van der Waals surface area (Å²) in [5.74, 6) is -1.17. The largest absolute Gasteiger partial charge is 0.497 e. The molecular formula is C39H33N3O6S. The van der Waals surface area contributed by atoms with Crippen LogP contribution in [0.25, 0.3) is 6.08 Å². The Hall–Kier alpha value is -6.13. The molecule has 49 heavy (non-hydrogen) atoms. The third-order valence-electron chi connectivity index (χ3n) is 7.25. The second kappa shape index (κ2) is 16.6. The van der Waals surface area contributed by atoms with E-state index in [-0.39, 0.29) is 17.2 Å². The number of benzene rings is 5. The SMILES string of the molecule is COC(=O)c1ccccc1NC(=O)C(Sc1ccc(NC(=O)/C(=C/c2ccc(OC)cc2)NC(=O)c2ccccc2)cc1)c1ccccc1. The Balaban J connectivity index is 1.34. The van der Waals surface area contributed by atoms with Crippen molar-refractivity contribution >= 4 is 52.9 Å². The third kappa shape index (κ3) is 9.24. The van der Waals surface area contributed by atoms with Crippen molar-refractivity contribution < 1.29 is 28.7 Å². The minimum atomic E-state index is -0.667. The fraction of sp³-hybridized carbons (Fsp3) is 0.0769. The number of para-hydroxylation sites is 1. The molecule has 0 fully saturated rings. The second-order valence-electron chi connectivity index (χ2n) is 10.6. The lowest BCUT2D eigenvalue weighted by atomic mass is 10.1. The summed E-state index contributed by atoms with van der Waals surface area (Å²) < 4.78 is 10.1. The first-order valence-corrected chi connectivity index (χ1v) is 16.1. The summed E-state index contributed by atoms with van der Waals surface area (Å²) >= 11 is 1.31. The first-order valence-electron chi connectivity index (χ1n) is 15.2. The van der Waals surface area contributed by atoms with Gasteiger partial charge >= 0.3 is 5.97 Å². The quantitative estimate of drug-likeness (QED) is 0.0720. The molecule has 0 aromatic heterocycles. The van der Waals surface area contributed by atoms with Gasteiger partial charge in [-0.25, -0.2) is 4.79 Å². The number of thioether (sulfide) groups is 1. The molecule has 0 bridgehead atoms. The summed E-state index contributed by atoms with van der Waals surface area (Å²) in [6, 6.07) is 38.7. The standard InChI is InChI=1S/C39H33N3O6S/c1-47-30-21-17-26(18-22-30)25-34(42-36(43)28-13-7-4-8-14-28)37(44)40-29-19-23-31(24-20-29)49-35(27-11-5-3-6-12-27)38(45)41-33-16-10-9-15-32(33)39(46)48-2/h3-25,35H,1-2H3,(H,40,44)(H,41,45)(H,42,43)/b34-25-. The molecule has 5 rings (SSSR count). The number of methoxy groups -OCH3 is 2. The van der Waals surface area contributed by atoms with Gasteiger partial charge in [-0.15, -0.1) is 11.8 Å². The average molecular weight is 672 g/mol. The van der Waals surface area contributed by atoms with Gasteiger partial charge in [-0.2, -0.15) is 0 Å². The molecule has 0 spiro atoms. The molecule has 246 valence electrons. The lowest BCUT2D eigenvalue weighted by Gasteiger charge is -2.18. The number of carbonyl (C=O) groups excluding carboxylic acids is 4. The van der Waals surface area contributed by atoms with Crippen molar-refractivity contribution in [3.8, 4) is 5.75 Å². The maximum Gasteiger partial charge on any atom is 0.339 e. The Morgan fingerprint density at radius 2 is 1.33 bits per heavy atom. The van der Waals surface area contributed by atoms with Crippen LogP contribution in [0.5, 0.6) is 5.75 Å². The molecule has 0 aliphatic rings. The van der Waals surface area contributed by atoms with E-state index in [2.05, 4.69) is 16.0 Å².